The first kappa shape index (κ1) is 25.2. The molecule has 0 spiro atoms. The molecule has 2 N–H and O–H groups in total. The number of rotatable bonds is 6. The van der Waals surface area contributed by atoms with Crippen LogP contribution in [0.15, 0.2) is 76.4 Å². The number of allylic oxidation sites excluding steroid dienone is 1. The molecule has 1 unspecified atom stereocenters. The number of hydrogen-bond donors (Lipinski definition) is 2. The van der Waals surface area contributed by atoms with E-state index in [1.54, 1.807) is 0 Å². The van der Waals surface area contributed by atoms with E-state index < -0.39 is 6.04 Å². The molecule has 0 saturated carbocycles. The molecule has 1 aliphatic carbocycles. The molecule has 2 heterocycles. The van der Waals surface area contributed by atoms with E-state index in [4.69, 9.17) is 16.0 Å². The molecule has 6 nitrogen and oxygen atoms in total. The molecule has 7 heteroatoms. The minimum absolute atomic E-state index is 0.0805. The first-order valence-electron chi connectivity index (χ1n) is 12.7. The number of halogens is 1. The first-order chi connectivity index (χ1) is 17.7. The summed E-state index contributed by atoms with van der Waals surface area (Å²) in [5.41, 5.74) is 4.26. The number of furan rings is 1. The number of fused-ring (bicyclic) bond motifs is 1. The number of nitrogens with one attached hydrogen (secondary N) is 2. The fourth-order valence-corrected chi connectivity index (χ4v) is 5.46. The number of hydrogen-bond acceptors (Lipinski definition) is 5. The number of anilines is 2. The number of ketones is 1. The van der Waals surface area contributed by atoms with E-state index in [9.17, 15) is 9.59 Å². The van der Waals surface area contributed by atoms with Gasteiger partial charge < -0.3 is 20.0 Å². The molecule has 1 aliphatic heterocycles. The fraction of sp³-hybridized carbons (Fsp3) is 0.333. The lowest BCUT2D eigenvalue weighted by Gasteiger charge is -2.36. The van der Waals surface area contributed by atoms with Gasteiger partial charge in [0.05, 0.1) is 17.9 Å². The highest BCUT2D eigenvalue weighted by Gasteiger charge is 2.43. The first-order valence-corrected chi connectivity index (χ1v) is 13.0. The van der Waals surface area contributed by atoms with Gasteiger partial charge in [0, 0.05) is 29.3 Å². The molecule has 192 valence electrons. The molecule has 1 amide bonds. The summed E-state index contributed by atoms with van der Waals surface area (Å²) in [5, 5.41) is 7.30. The number of nitrogens with zero attached hydrogens (tertiary/aromatic N) is 1. The third-order valence-corrected chi connectivity index (χ3v) is 7.25. The lowest BCUT2D eigenvalue weighted by Crippen LogP contribution is -2.42. The molecule has 1 aromatic heterocycles. The smallest absolute Gasteiger partial charge is 0.239 e. The van der Waals surface area contributed by atoms with Crippen molar-refractivity contribution in [2.75, 3.05) is 23.3 Å². The number of para-hydroxylation sites is 2. The van der Waals surface area contributed by atoms with Crippen molar-refractivity contribution in [3.8, 4) is 0 Å². The average molecular weight is 518 g/mol. The Kier molecular flexibility index (Phi) is 6.86. The van der Waals surface area contributed by atoms with Crippen LogP contribution in [-0.4, -0.2) is 24.8 Å². The van der Waals surface area contributed by atoms with E-state index in [1.807, 2.05) is 72.5 Å². The third-order valence-electron chi connectivity index (χ3n) is 7.00. The Bertz CT molecular complexity index is 1360. The molecular formula is C30H32ClN3O3. The molecule has 1 atom stereocenters. The molecule has 2 aliphatic rings. The van der Waals surface area contributed by atoms with Crippen LogP contribution in [0, 0.1) is 12.3 Å². The molecule has 0 fully saturated rings. The quantitative estimate of drug-likeness (QED) is 0.406. The van der Waals surface area contributed by atoms with Crippen LogP contribution < -0.4 is 15.5 Å². The number of amides is 1. The van der Waals surface area contributed by atoms with Crippen LogP contribution in [0.1, 0.15) is 49.8 Å². The summed E-state index contributed by atoms with van der Waals surface area (Å²) in [6, 6.07) is 18.8. The van der Waals surface area contributed by atoms with Crippen LogP contribution in [0.4, 0.5) is 11.4 Å². The zero-order valence-corrected chi connectivity index (χ0v) is 22.2. The van der Waals surface area contributed by atoms with Gasteiger partial charge in [-0.3, -0.25) is 9.59 Å². The predicted octanol–water partition coefficient (Wildman–Crippen LogP) is 6.22. The van der Waals surface area contributed by atoms with Crippen LogP contribution in [0.5, 0.6) is 0 Å². The standard InChI is InChI=1S/C30H32ClN3O3/c1-19-8-13-26(37-19)29-28-23(16-30(2,3)17-25(28)35)33-22-6-4-5-7-24(22)34(29)18-27(36)32-15-14-20-9-11-21(31)12-10-20/h4-13,29,33H,14-18H2,1-3H3,(H,32,36). The van der Waals surface area contributed by atoms with Crippen molar-refractivity contribution in [1.29, 1.82) is 0 Å². The second-order valence-corrected chi connectivity index (χ2v) is 11.1. The maximum absolute atomic E-state index is 13.6. The van der Waals surface area contributed by atoms with Crippen LogP contribution in [-0.2, 0) is 16.0 Å². The average Bonchev–Trinajstić information content (AvgIpc) is 3.21. The van der Waals surface area contributed by atoms with Crippen molar-refractivity contribution in [1.82, 2.24) is 5.32 Å². The number of carbonyl (C=O) groups is 2. The molecule has 37 heavy (non-hydrogen) atoms. The lowest BCUT2D eigenvalue weighted by molar-refractivity contribution is -0.120. The van der Waals surface area contributed by atoms with Gasteiger partial charge in [0.15, 0.2) is 5.78 Å². The van der Waals surface area contributed by atoms with Crippen LogP contribution >= 0.6 is 11.6 Å². The summed E-state index contributed by atoms with van der Waals surface area (Å²) < 4.78 is 6.10. The van der Waals surface area contributed by atoms with Crippen molar-refractivity contribution < 1.29 is 14.0 Å². The highest BCUT2D eigenvalue weighted by Crippen LogP contribution is 2.48. The Morgan fingerprint density at radius 3 is 2.59 bits per heavy atom. The van der Waals surface area contributed by atoms with E-state index in [2.05, 4.69) is 24.5 Å². The molecular weight excluding hydrogens is 486 g/mol. The lowest BCUT2D eigenvalue weighted by atomic mass is 9.74. The Labute approximate surface area is 222 Å². The van der Waals surface area contributed by atoms with E-state index in [1.165, 1.54) is 0 Å². The Balaban J connectivity index is 1.48. The molecule has 3 aromatic rings. The van der Waals surface area contributed by atoms with Gasteiger partial charge in [-0.15, -0.1) is 0 Å². The largest absolute Gasteiger partial charge is 0.464 e. The highest BCUT2D eigenvalue weighted by atomic mass is 35.5. The summed E-state index contributed by atoms with van der Waals surface area (Å²) in [7, 11) is 0. The minimum atomic E-state index is -0.509. The van der Waals surface area contributed by atoms with E-state index >= 15 is 0 Å². The third kappa shape index (κ3) is 5.44. The van der Waals surface area contributed by atoms with E-state index in [0.717, 1.165) is 34.8 Å². The monoisotopic (exact) mass is 517 g/mol. The van der Waals surface area contributed by atoms with Crippen LogP contribution in [0.3, 0.4) is 0 Å². The molecule has 2 aromatic carbocycles. The highest BCUT2D eigenvalue weighted by molar-refractivity contribution is 6.30. The van der Waals surface area contributed by atoms with Gasteiger partial charge in [0.25, 0.3) is 0 Å². The number of carbonyl (C=O) groups excluding carboxylic acids is 2. The Morgan fingerprint density at radius 1 is 1.11 bits per heavy atom. The summed E-state index contributed by atoms with van der Waals surface area (Å²) >= 11 is 5.98. The van der Waals surface area contributed by atoms with Crippen LogP contribution in [0.2, 0.25) is 5.02 Å². The van der Waals surface area contributed by atoms with Gasteiger partial charge in [0.1, 0.15) is 17.6 Å². The van der Waals surface area contributed by atoms with Crippen molar-refractivity contribution >= 4 is 34.7 Å². The summed E-state index contributed by atoms with van der Waals surface area (Å²) in [6.07, 6.45) is 1.88. The number of aryl methyl sites for hydroxylation is 1. The van der Waals surface area contributed by atoms with E-state index in [-0.39, 0.29) is 23.7 Å². The van der Waals surface area contributed by atoms with E-state index in [0.29, 0.717) is 35.7 Å². The Hall–Kier alpha value is -3.51. The minimum Gasteiger partial charge on any atom is -0.464 e. The molecule has 0 bridgehead atoms. The van der Waals surface area contributed by atoms with Gasteiger partial charge in [-0.25, -0.2) is 0 Å². The van der Waals surface area contributed by atoms with Gasteiger partial charge >= 0.3 is 0 Å². The predicted molar refractivity (Wildman–Crippen MR) is 147 cm³/mol. The second kappa shape index (κ2) is 10.1. The zero-order chi connectivity index (χ0) is 26.2. The molecule has 0 saturated heterocycles. The second-order valence-electron chi connectivity index (χ2n) is 10.7. The SMILES string of the molecule is Cc1ccc(C2C3=C(CC(C)(C)CC3=O)Nc3ccccc3N2CC(=O)NCCc2ccc(Cl)cc2)o1. The van der Waals surface area contributed by atoms with Gasteiger partial charge in [-0.2, -0.15) is 0 Å². The summed E-state index contributed by atoms with van der Waals surface area (Å²) in [5.74, 6) is 1.38. The van der Waals surface area contributed by atoms with Crippen LogP contribution in [0.25, 0.3) is 0 Å². The molecule has 5 rings (SSSR count). The van der Waals surface area contributed by atoms with Gasteiger partial charge in [0.2, 0.25) is 5.91 Å². The van der Waals surface area contributed by atoms with Crippen molar-refractivity contribution in [2.24, 2.45) is 5.41 Å². The summed E-state index contributed by atoms with van der Waals surface area (Å²) in [4.78, 5) is 28.9. The topological polar surface area (TPSA) is 74.6 Å². The number of Topliss-reactive ketones (excluding diaryl/α,β-unsaturated/α-hetero) is 1. The van der Waals surface area contributed by atoms with Crippen molar-refractivity contribution in [3.05, 3.63) is 94.0 Å². The van der Waals surface area contributed by atoms with Gasteiger partial charge in [-0.1, -0.05) is 49.7 Å². The van der Waals surface area contributed by atoms with Crippen molar-refractivity contribution in [2.45, 2.75) is 46.1 Å². The molecule has 0 radical (unpaired) electrons. The van der Waals surface area contributed by atoms with Crippen molar-refractivity contribution in [3.63, 3.8) is 0 Å². The summed E-state index contributed by atoms with van der Waals surface area (Å²) in [6.45, 7) is 6.70. The maximum Gasteiger partial charge on any atom is 0.239 e. The fourth-order valence-electron chi connectivity index (χ4n) is 5.33. The van der Waals surface area contributed by atoms with Gasteiger partial charge in [-0.05, 0) is 67.1 Å². The number of benzene rings is 2. The Morgan fingerprint density at radius 2 is 1.86 bits per heavy atom. The maximum atomic E-state index is 13.6. The normalized spacial score (nSPS) is 18.5. The zero-order valence-electron chi connectivity index (χ0n) is 21.4.